The molecular formula is C16H8Cl2F3N3O3S. The predicted molar refractivity (Wildman–Crippen MR) is 96.8 cm³/mol. The molecule has 1 amide bonds. The molecule has 0 atom stereocenters. The van der Waals surface area contributed by atoms with Crippen LogP contribution >= 0.6 is 34.5 Å². The average Bonchev–Trinajstić information content (AvgIpc) is 3.25. The highest BCUT2D eigenvalue weighted by atomic mass is 35.5. The van der Waals surface area contributed by atoms with Crippen molar-refractivity contribution in [2.75, 3.05) is 5.32 Å². The van der Waals surface area contributed by atoms with E-state index < -0.39 is 22.7 Å². The lowest BCUT2D eigenvalue weighted by Crippen LogP contribution is -2.21. The van der Waals surface area contributed by atoms with Gasteiger partial charge in [-0.15, -0.1) is 11.3 Å². The van der Waals surface area contributed by atoms with Crippen LogP contribution in [0.4, 0.5) is 18.9 Å². The van der Waals surface area contributed by atoms with Crippen molar-refractivity contribution in [3.05, 3.63) is 51.1 Å². The maximum Gasteiger partial charge on any atom is 0.455 e. The van der Waals surface area contributed by atoms with E-state index in [-0.39, 0.29) is 28.0 Å². The number of alkyl halides is 3. The number of amides is 1. The number of nitrogens with one attached hydrogen (secondary N) is 1. The molecule has 0 unspecified atom stereocenters. The summed E-state index contributed by atoms with van der Waals surface area (Å²) in [5.41, 5.74) is 0.414. The van der Waals surface area contributed by atoms with Crippen molar-refractivity contribution in [1.82, 2.24) is 10.1 Å². The maximum absolute atomic E-state index is 12.5. The zero-order chi connectivity index (χ0) is 20.5. The largest absolute Gasteiger partial charge is 0.455 e. The average molecular weight is 450 g/mol. The molecule has 1 N–H and O–H groups in total. The first kappa shape index (κ1) is 20.3. The molecule has 0 radical (unpaired) electrons. The van der Waals surface area contributed by atoms with Gasteiger partial charge in [-0.05, 0) is 30.3 Å². The van der Waals surface area contributed by atoms with Gasteiger partial charge in [0.15, 0.2) is 5.82 Å². The molecule has 0 aliphatic carbocycles. The van der Waals surface area contributed by atoms with Crippen LogP contribution in [0.15, 0.2) is 34.9 Å². The van der Waals surface area contributed by atoms with E-state index in [9.17, 15) is 22.8 Å². The fraction of sp³-hybridized carbons (Fsp3) is 0.125. The Labute approximate surface area is 169 Å². The number of rotatable bonds is 5. The second-order valence-corrected chi connectivity index (χ2v) is 7.26. The summed E-state index contributed by atoms with van der Waals surface area (Å²) in [6.45, 7) is 0. The summed E-state index contributed by atoms with van der Waals surface area (Å²) in [5, 5.41) is 6.79. The van der Waals surface area contributed by atoms with Crippen molar-refractivity contribution in [3.63, 3.8) is 0 Å². The molecule has 3 rings (SSSR count). The zero-order valence-electron chi connectivity index (χ0n) is 13.5. The Bertz CT molecular complexity index is 1050. The topological polar surface area (TPSA) is 85.1 Å². The van der Waals surface area contributed by atoms with Gasteiger partial charge in [0, 0.05) is 5.69 Å². The lowest BCUT2D eigenvalue weighted by atomic mass is 10.3. The van der Waals surface area contributed by atoms with Gasteiger partial charge in [-0.3, -0.25) is 9.59 Å². The first-order valence-corrected chi connectivity index (χ1v) is 9.00. The fourth-order valence-corrected chi connectivity index (χ4v) is 3.25. The second kappa shape index (κ2) is 7.90. The Hall–Kier alpha value is -2.43. The molecule has 1 aromatic carbocycles. The van der Waals surface area contributed by atoms with Gasteiger partial charge >= 0.3 is 6.18 Å². The summed E-state index contributed by atoms with van der Waals surface area (Å²) in [4.78, 5) is 26.9. The number of anilines is 1. The molecule has 0 saturated heterocycles. The number of benzene rings is 1. The smallest absolute Gasteiger partial charge is 0.333 e. The number of nitrogens with zero attached hydrogens (tertiary/aromatic N) is 2. The molecule has 0 spiro atoms. The van der Waals surface area contributed by atoms with Crippen molar-refractivity contribution in [2.24, 2.45) is 0 Å². The van der Waals surface area contributed by atoms with Gasteiger partial charge in [-0.25, -0.2) is 0 Å². The number of ketones is 1. The first-order chi connectivity index (χ1) is 13.1. The molecule has 2 heterocycles. The quantitative estimate of drug-likeness (QED) is 0.552. The standard InChI is InChI=1S/C16H8Cl2F3N3O3S/c17-8-2-1-7(5-9(8)18)22-13(25)6-12-23-15(27-24-12)11-4-3-10(28-11)14(26)16(19,20)21/h1-5H,6H2,(H,22,25). The highest BCUT2D eigenvalue weighted by Gasteiger charge is 2.40. The van der Waals surface area contributed by atoms with Gasteiger partial charge in [0.25, 0.3) is 11.7 Å². The van der Waals surface area contributed by atoms with Crippen LogP contribution in [0.1, 0.15) is 15.5 Å². The number of carbonyl (C=O) groups is 2. The number of thiophene rings is 1. The van der Waals surface area contributed by atoms with Crippen LogP contribution in [0.5, 0.6) is 0 Å². The number of hydrogen-bond donors (Lipinski definition) is 1. The second-order valence-electron chi connectivity index (χ2n) is 5.36. The Morgan fingerprint density at radius 2 is 1.89 bits per heavy atom. The molecule has 0 fully saturated rings. The summed E-state index contributed by atoms with van der Waals surface area (Å²) in [6.07, 6.45) is -5.21. The molecule has 146 valence electrons. The Balaban J connectivity index is 1.67. The van der Waals surface area contributed by atoms with E-state index in [2.05, 4.69) is 15.5 Å². The van der Waals surface area contributed by atoms with Crippen LogP contribution in [0.3, 0.4) is 0 Å². The van der Waals surface area contributed by atoms with Crippen molar-refractivity contribution >= 4 is 51.9 Å². The van der Waals surface area contributed by atoms with Crippen LogP contribution in [0.25, 0.3) is 10.8 Å². The Morgan fingerprint density at radius 1 is 1.14 bits per heavy atom. The lowest BCUT2D eigenvalue weighted by molar-refractivity contribution is -0.115. The van der Waals surface area contributed by atoms with Crippen LogP contribution in [-0.4, -0.2) is 28.0 Å². The zero-order valence-corrected chi connectivity index (χ0v) is 15.8. The van der Waals surface area contributed by atoms with Gasteiger partial charge in [0.2, 0.25) is 5.91 Å². The highest BCUT2D eigenvalue weighted by Crippen LogP contribution is 2.31. The monoisotopic (exact) mass is 449 g/mol. The summed E-state index contributed by atoms with van der Waals surface area (Å²) in [6, 6.07) is 6.82. The van der Waals surface area contributed by atoms with Crippen molar-refractivity contribution < 1.29 is 27.3 Å². The van der Waals surface area contributed by atoms with Crippen LogP contribution in [0, 0.1) is 0 Å². The molecule has 0 aliphatic heterocycles. The number of carbonyl (C=O) groups excluding carboxylic acids is 2. The molecule has 3 aromatic rings. The van der Waals surface area contributed by atoms with Gasteiger partial charge in [0.05, 0.1) is 26.2 Å². The van der Waals surface area contributed by atoms with E-state index in [4.69, 9.17) is 27.7 Å². The van der Waals surface area contributed by atoms with Gasteiger partial charge in [-0.1, -0.05) is 28.4 Å². The molecule has 28 heavy (non-hydrogen) atoms. The van der Waals surface area contributed by atoms with E-state index in [0.29, 0.717) is 22.0 Å². The molecule has 0 saturated carbocycles. The van der Waals surface area contributed by atoms with Crippen LogP contribution in [-0.2, 0) is 11.2 Å². The summed E-state index contributed by atoms with van der Waals surface area (Å²) in [5.74, 6) is -2.50. The predicted octanol–water partition coefficient (Wildman–Crippen LogP) is 5.03. The molecule has 0 bridgehead atoms. The summed E-state index contributed by atoms with van der Waals surface area (Å²) in [7, 11) is 0. The van der Waals surface area contributed by atoms with Crippen molar-refractivity contribution in [2.45, 2.75) is 12.6 Å². The van der Waals surface area contributed by atoms with Crippen molar-refractivity contribution in [1.29, 1.82) is 0 Å². The normalized spacial score (nSPS) is 11.5. The molecule has 2 aromatic heterocycles. The SMILES string of the molecule is O=C(Cc1noc(-c2ccc(C(=O)C(F)(F)F)s2)n1)Nc1ccc(Cl)c(Cl)c1. The molecule has 6 nitrogen and oxygen atoms in total. The van der Waals surface area contributed by atoms with E-state index in [0.717, 1.165) is 6.07 Å². The fourth-order valence-electron chi connectivity index (χ4n) is 2.06. The summed E-state index contributed by atoms with van der Waals surface area (Å²) >= 11 is 12.2. The van der Waals surface area contributed by atoms with E-state index in [1.54, 1.807) is 6.07 Å². The number of Topliss-reactive ketones (excluding diaryl/α,β-unsaturated/α-hetero) is 1. The number of aromatic nitrogens is 2. The van der Waals surface area contributed by atoms with E-state index in [1.807, 2.05) is 0 Å². The molecule has 12 heteroatoms. The Morgan fingerprint density at radius 3 is 2.57 bits per heavy atom. The van der Waals surface area contributed by atoms with Crippen LogP contribution < -0.4 is 5.32 Å². The third kappa shape index (κ3) is 4.70. The molecular weight excluding hydrogens is 442 g/mol. The first-order valence-electron chi connectivity index (χ1n) is 7.42. The van der Waals surface area contributed by atoms with Gasteiger partial charge in [0.1, 0.15) is 0 Å². The maximum atomic E-state index is 12.5. The minimum absolute atomic E-state index is 0.0182. The third-order valence-electron chi connectivity index (χ3n) is 3.29. The minimum atomic E-state index is -4.97. The van der Waals surface area contributed by atoms with Crippen molar-refractivity contribution in [3.8, 4) is 10.8 Å². The van der Waals surface area contributed by atoms with E-state index >= 15 is 0 Å². The number of halogens is 5. The molecule has 0 aliphatic rings. The third-order valence-corrected chi connectivity index (χ3v) is 5.10. The van der Waals surface area contributed by atoms with Gasteiger partial charge < -0.3 is 9.84 Å². The Kier molecular flexibility index (Phi) is 5.73. The van der Waals surface area contributed by atoms with Crippen LogP contribution in [0.2, 0.25) is 10.0 Å². The number of hydrogen-bond acceptors (Lipinski definition) is 6. The van der Waals surface area contributed by atoms with E-state index in [1.165, 1.54) is 18.2 Å². The lowest BCUT2D eigenvalue weighted by Gasteiger charge is -2.04. The summed E-state index contributed by atoms with van der Waals surface area (Å²) < 4.78 is 42.4. The van der Waals surface area contributed by atoms with Gasteiger partial charge in [-0.2, -0.15) is 18.2 Å². The minimum Gasteiger partial charge on any atom is -0.333 e. The highest BCUT2D eigenvalue weighted by molar-refractivity contribution is 7.17.